The lowest BCUT2D eigenvalue weighted by Gasteiger charge is -2.13. The number of nitrogen functional groups attached to an aromatic ring is 1. The molecule has 0 spiro atoms. The van der Waals surface area contributed by atoms with Gasteiger partial charge in [-0.1, -0.05) is 32.0 Å². The van der Waals surface area contributed by atoms with Crippen LogP contribution in [0.5, 0.6) is 0 Å². The minimum absolute atomic E-state index is 0.165. The number of aromatic amines is 1. The van der Waals surface area contributed by atoms with Gasteiger partial charge in [-0.3, -0.25) is 9.89 Å². The zero-order valence-electron chi connectivity index (χ0n) is 15.5. The van der Waals surface area contributed by atoms with E-state index in [1.54, 1.807) is 12.1 Å². The summed E-state index contributed by atoms with van der Waals surface area (Å²) in [6.45, 7) is 6.37. The smallest absolute Gasteiger partial charge is 0.255 e. The van der Waals surface area contributed by atoms with Gasteiger partial charge in [-0.05, 0) is 53.8 Å². The van der Waals surface area contributed by atoms with Crippen molar-refractivity contribution in [2.75, 3.05) is 11.1 Å². The summed E-state index contributed by atoms with van der Waals surface area (Å²) in [6, 6.07) is 13.3. The Morgan fingerprint density at radius 1 is 1.22 bits per heavy atom. The molecule has 0 aliphatic carbocycles. The predicted molar refractivity (Wildman–Crippen MR) is 111 cm³/mol. The Balaban J connectivity index is 1.78. The van der Waals surface area contributed by atoms with Crippen LogP contribution >= 0.6 is 12.6 Å². The molecule has 6 nitrogen and oxygen atoms in total. The maximum absolute atomic E-state index is 12.7. The largest absolute Gasteiger partial charge is 0.367 e. The van der Waals surface area contributed by atoms with Crippen molar-refractivity contribution in [3.8, 4) is 0 Å². The maximum atomic E-state index is 12.7. The summed E-state index contributed by atoms with van der Waals surface area (Å²) in [5.74, 6) is 0.974. The van der Waals surface area contributed by atoms with Gasteiger partial charge in [0.2, 0.25) is 5.95 Å². The van der Waals surface area contributed by atoms with Crippen LogP contribution < -0.4 is 11.1 Å². The predicted octanol–water partition coefficient (Wildman–Crippen LogP) is 4.09. The Hall–Kier alpha value is -2.80. The van der Waals surface area contributed by atoms with E-state index in [2.05, 4.69) is 60.0 Å². The average molecular weight is 382 g/mol. The Morgan fingerprint density at radius 3 is 2.63 bits per heavy atom. The van der Waals surface area contributed by atoms with Crippen LogP contribution in [-0.2, 0) is 0 Å². The van der Waals surface area contributed by atoms with Gasteiger partial charge in [0.15, 0.2) is 0 Å². The van der Waals surface area contributed by atoms with E-state index >= 15 is 0 Å². The number of nitrogens with one attached hydrogen (secondary N) is 2. The van der Waals surface area contributed by atoms with E-state index in [4.69, 9.17) is 5.73 Å². The van der Waals surface area contributed by atoms with Gasteiger partial charge in [-0.15, -0.1) is 5.10 Å². The molecule has 140 valence electrons. The highest BCUT2D eigenvalue weighted by atomic mass is 32.1. The highest BCUT2D eigenvalue weighted by Gasteiger charge is 2.16. The van der Waals surface area contributed by atoms with Crippen LogP contribution in [0, 0.1) is 6.92 Å². The molecule has 0 saturated carbocycles. The molecule has 2 aromatic carbocycles. The number of anilines is 2. The first-order valence-corrected chi connectivity index (χ1v) is 9.24. The number of carbonyl (C=O) groups excluding carboxylic acids is 1. The molecule has 7 heteroatoms. The molecule has 4 N–H and O–H groups in total. The fourth-order valence-electron chi connectivity index (χ4n) is 3.02. The van der Waals surface area contributed by atoms with Crippen molar-refractivity contribution < 1.29 is 4.79 Å². The number of thiol groups is 1. The second kappa shape index (κ2) is 7.84. The molecule has 27 heavy (non-hydrogen) atoms. The monoisotopic (exact) mass is 381 g/mol. The number of H-pyrrole nitrogens is 1. The topological polar surface area (TPSA) is 96.7 Å². The molecule has 0 fully saturated rings. The molecule has 3 rings (SSSR count). The SMILES string of the molecule is Cc1cc(NC(=O)c2cccc(C(S)c3nc(N)n[nH]3)c2)ccc1C(C)C. The van der Waals surface area contributed by atoms with Crippen LogP contribution in [0.15, 0.2) is 42.5 Å². The van der Waals surface area contributed by atoms with Crippen LogP contribution in [-0.4, -0.2) is 21.1 Å². The first-order chi connectivity index (χ1) is 12.8. The third-order valence-corrected chi connectivity index (χ3v) is 4.94. The van der Waals surface area contributed by atoms with E-state index in [-0.39, 0.29) is 17.1 Å². The molecule has 1 amide bonds. The lowest BCUT2D eigenvalue weighted by atomic mass is 9.97. The van der Waals surface area contributed by atoms with E-state index in [1.807, 2.05) is 24.3 Å². The summed E-state index contributed by atoms with van der Waals surface area (Å²) in [6.07, 6.45) is 0. The number of rotatable bonds is 5. The van der Waals surface area contributed by atoms with Gasteiger partial charge in [0, 0.05) is 11.3 Å². The maximum Gasteiger partial charge on any atom is 0.255 e. The molecular weight excluding hydrogens is 358 g/mol. The first kappa shape index (κ1) is 19.0. The Bertz CT molecular complexity index is 967. The van der Waals surface area contributed by atoms with E-state index in [9.17, 15) is 4.79 Å². The summed E-state index contributed by atoms with van der Waals surface area (Å²) < 4.78 is 0. The van der Waals surface area contributed by atoms with E-state index in [0.717, 1.165) is 16.8 Å². The summed E-state index contributed by atoms with van der Waals surface area (Å²) in [5.41, 5.74) is 10.1. The normalized spacial score (nSPS) is 12.2. The van der Waals surface area contributed by atoms with Crippen LogP contribution in [0.25, 0.3) is 0 Å². The van der Waals surface area contributed by atoms with E-state index < -0.39 is 0 Å². The van der Waals surface area contributed by atoms with Crippen LogP contribution in [0.2, 0.25) is 0 Å². The summed E-state index contributed by atoms with van der Waals surface area (Å²) >= 11 is 4.56. The second-order valence-electron chi connectivity index (χ2n) is 6.79. The molecule has 0 saturated heterocycles. The first-order valence-electron chi connectivity index (χ1n) is 8.73. The van der Waals surface area contributed by atoms with Crippen molar-refractivity contribution in [1.82, 2.24) is 15.2 Å². The van der Waals surface area contributed by atoms with Gasteiger partial charge in [0.25, 0.3) is 5.91 Å². The Morgan fingerprint density at radius 2 is 2.00 bits per heavy atom. The van der Waals surface area contributed by atoms with E-state index in [0.29, 0.717) is 17.3 Å². The number of aryl methyl sites for hydroxylation is 1. The van der Waals surface area contributed by atoms with Crippen molar-refractivity contribution in [3.63, 3.8) is 0 Å². The van der Waals surface area contributed by atoms with Gasteiger partial charge in [0.1, 0.15) is 5.82 Å². The van der Waals surface area contributed by atoms with Crippen molar-refractivity contribution in [2.45, 2.75) is 31.9 Å². The number of carbonyl (C=O) groups is 1. The lowest BCUT2D eigenvalue weighted by molar-refractivity contribution is 0.102. The van der Waals surface area contributed by atoms with Gasteiger partial charge >= 0.3 is 0 Å². The molecule has 1 unspecified atom stereocenters. The summed E-state index contributed by atoms with van der Waals surface area (Å²) in [5, 5.41) is 9.17. The highest BCUT2D eigenvalue weighted by Crippen LogP contribution is 2.27. The number of amides is 1. The Kier molecular flexibility index (Phi) is 5.51. The molecule has 3 aromatic rings. The minimum atomic E-state index is -0.352. The zero-order valence-corrected chi connectivity index (χ0v) is 16.4. The zero-order chi connectivity index (χ0) is 19.6. The van der Waals surface area contributed by atoms with Crippen LogP contribution in [0.3, 0.4) is 0 Å². The lowest BCUT2D eigenvalue weighted by Crippen LogP contribution is -2.13. The van der Waals surface area contributed by atoms with Gasteiger partial charge in [-0.2, -0.15) is 17.6 Å². The number of aromatic nitrogens is 3. The van der Waals surface area contributed by atoms with Gasteiger partial charge in [-0.25, -0.2) is 0 Å². The highest BCUT2D eigenvalue weighted by molar-refractivity contribution is 7.80. The molecule has 0 aliphatic heterocycles. The van der Waals surface area contributed by atoms with Crippen LogP contribution in [0.4, 0.5) is 11.6 Å². The number of nitrogens with zero attached hydrogens (tertiary/aromatic N) is 2. The fourth-order valence-corrected chi connectivity index (χ4v) is 3.30. The number of benzene rings is 2. The number of nitrogens with two attached hydrogens (primary N) is 1. The van der Waals surface area contributed by atoms with Gasteiger partial charge < -0.3 is 11.1 Å². The molecule has 1 atom stereocenters. The molecule has 0 aliphatic rings. The Labute approximate surface area is 164 Å². The molecule has 0 bridgehead atoms. The van der Waals surface area contributed by atoms with E-state index in [1.165, 1.54) is 5.56 Å². The molecule has 1 aromatic heterocycles. The van der Waals surface area contributed by atoms with Crippen molar-refractivity contribution in [1.29, 1.82) is 0 Å². The molecular formula is C20H23N5OS. The summed E-state index contributed by atoms with van der Waals surface area (Å²) in [4.78, 5) is 16.8. The number of hydrogen-bond acceptors (Lipinski definition) is 5. The molecule has 0 radical (unpaired) electrons. The van der Waals surface area contributed by atoms with Crippen molar-refractivity contribution in [3.05, 3.63) is 70.5 Å². The third-order valence-electron chi connectivity index (χ3n) is 4.39. The standard InChI is InChI=1S/C20H23N5OS/c1-11(2)16-8-7-15(9-12(16)3)22-19(26)14-6-4-5-13(10-14)17(27)18-23-20(21)25-24-18/h4-11,17,27H,1-3H3,(H,22,26)(H3,21,23,24,25). The second-order valence-corrected chi connectivity index (χ2v) is 7.30. The van der Waals surface area contributed by atoms with Crippen molar-refractivity contribution >= 4 is 30.2 Å². The van der Waals surface area contributed by atoms with Crippen LogP contribution in [0.1, 0.15) is 57.9 Å². The third kappa shape index (κ3) is 4.31. The average Bonchev–Trinajstić information content (AvgIpc) is 3.07. The fraction of sp³-hybridized carbons (Fsp3) is 0.250. The molecule has 1 heterocycles. The quantitative estimate of drug-likeness (QED) is 0.501. The number of hydrogen-bond donors (Lipinski definition) is 4. The van der Waals surface area contributed by atoms with Gasteiger partial charge in [0.05, 0.1) is 5.25 Å². The van der Waals surface area contributed by atoms with Crippen molar-refractivity contribution in [2.24, 2.45) is 0 Å². The minimum Gasteiger partial charge on any atom is -0.367 e. The summed E-state index contributed by atoms with van der Waals surface area (Å²) in [7, 11) is 0.